The molecule has 0 fully saturated rings. The van der Waals surface area contributed by atoms with Crippen molar-refractivity contribution in [3.8, 4) is 17.3 Å². The van der Waals surface area contributed by atoms with Crippen LogP contribution in [0.15, 0.2) is 49.1 Å². The average molecular weight is 269 g/mol. The number of benzene rings is 1. The number of anilines is 1. The molecule has 4 heteroatoms. The van der Waals surface area contributed by atoms with Gasteiger partial charge in [-0.25, -0.2) is 4.98 Å². The SMILES string of the molecule is C=CCOc1cc(NCCC)nc(-c2ccccc2)n1. The molecule has 4 nitrogen and oxygen atoms in total. The fourth-order valence-electron chi connectivity index (χ4n) is 1.70. The molecule has 1 heterocycles. The van der Waals surface area contributed by atoms with Crippen molar-refractivity contribution in [3.05, 3.63) is 49.1 Å². The van der Waals surface area contributed by atoms with Gasteiger partial charge in [-0.1, -0.05) is 49.9 Å². The molecule has 0 bridgehead atoms. The van der Waals surface area contributed by atoms with Gasteiger partial charge in [0.15, 0.2) is 5.82 Å². The topological polar surface area (TPSA) is 47.0 Å². The summed E-state index contributed by atoms with van der Waals surface area (Å²) in [4.78, 5) is 8.95. The van der Waals surface area contributed by atoms with Gasteiger partial charge in [-0.05, 0) is 6.42 Å². The highest BCUT2D eigenvalue weighted by Gasteiger charge is 2.07. The minimum Gasteiger partial charge on any atom is -0.473 e. The molecule has 0 radical (unpaired) electrons. The van der Waals surface area contributed by atoms with Gasteiger partial charge in [0, 0.05) is 18.2 Å². The van der Waals surface area contributed by atoms with E-state index in [1.54, 1.807) is 6.08 Å². The third-order valence-corrected chi connectivity index (χ3v) is 2.64. The second kappa shape index (κ2) is 7.28. The number of aromatic nitrogens is 2. The van der Waals surface area contributed by atoms with Crippen LogP contribution in [0.3, 0.4) is 0 Å². The van der Waals surface area contributed by atoms with Gasteiger partial charge in [-0.2, -0.15) is 4.98 Å². The minimum atomic E-state index is 0.429. The third kappa shape index (κ3) is 3.82. The Bertz CT molecular complexity index is 555. The van der Waals surface area contributed by atoms with Crippen LogP contribution in [-0.4, -0.2) is 23.1 Å². The zero-order valence-electron chi connectivity index (χ0n) is 11.7. The van der Waals surface area contributed by atoms with Gasteiger partial charge in [-0.15, -0.1) is 0 Å². The number of nitrogens with zero attached hydrogens (tertiary/aromatic N) is 2. The van der Waals surface area contributed by atoms with E-state index < -0.39 is 0 Å². The summed E-state index contributed by atoms with van der Waals surface area (Å²) in [6.07, 6.45) is 2.73. The fourth-order valence-corrected chi connectivity index (χ4v) is 1.70. The van der Waals surface area contributed by atoms with Crippen LogP contribution in [-0.2, 0) is 0 Å². The van der Waals surface area contributed by atoms with Crippen molar-refractivity contribution >= 4 is 5.82 Å². The summed E-state index contributed by atoms with van der Waals surface area (Å²) in [6, 6.07) is 11.7. The van der Waals surface area contributed by atoms with Gasteiger partial charge in [0.05, 0.1) is 0 Å². The predicted molar refractivity (Wildman–Crippen MR) is 81.9 cm³/mol. The molecule has 0 unspecified atom stereocenters. The van der Waals surface area contributed by atoms with Gasteiger partial charge in [0.1, 0.15) is 12.4 Å². The largest absolute Gasteiger partial charge is 0.473 e. The number of rotatable bonds is 7. The first-order valence-corrected chi connectivity index (χ1v) is 6.75. The molecule has 0 atom stereocenters. The fraction of sp³-hybridized carbons (Fsp3) is 0.250. The maximum Gasteiger partial charge on any atom is 0.219 e. The maximum atomic E-state index is 5.53. The highest BCUT2D eigenvalue weighted by molar-refractivity contribution is 5.58. The van der Waals surface area contributed by atoms with E-state index in [2.05, 4.69) is 28.8 Å². The van der Waals surface area contributed by atoms with Crippen molar-refractivity contribution in [2.45, 2.75) is 13.3 Å². The lowest BCUT2D eigenvalue weighted by molar-refractivity contribution is 0.348. The summed E-state index contributed by atoms with van der Waals surface area (Å²) in [5, 5.41) is 3.26. The molecule has 1 N–H and O–H groups in total. The van der Waals surface area contributed by atoms with Crippen LogP contribution in [0, 0.1) is 0 Å². The Morgan fingerprint density at radius 1 is 1.25 bits per heavy atom. The van der Waals surface area contributed by atoms with Crippen LogP contribution in [0.1, 0.15) is 13.3 Å². The Morgan fingerprint density at radius 3 is 2.75 bits per heavy atom. The summed E-state index contributed by atoms with van der Waals surface area (Å²) >= 11 is 0. The van der Waals surface area contributed by atoms with Gasteiger partial charge in [-0.3, -0.25) is 0 Å². The van der Waals surface area contributed by atoms with E-state index in [9.17, 15) is 0 Å². The molecule has 0 saturated heterocycles. The van der Waals surface area contributed by atoms with E-state index in [0.29, 0.717) is 18.3 Å². The van der Waals surface area contributed by atoms with Crippen molar-refractivity contribution in [2.24, 2.45) is 0 Å². The first-order valence-electron chi connectivity index (χ1n) is 6.75. The quantitative estimate of drug-likeness (QED) is 0.781. The minimum absolute atomic E-state index is 0.429. The molecule has 0 saturated carbocycles. The Kier molecular flexibility index (Phi) is 5.12. The van der Waals surface area contributed by atoms with Crippen LogP contribution in [0.25, 0.3) is 11.4 Å². The lowest BCUT2D eigenvalue weighted by atomic mass is 10.2. The number of hydrogen-bond acceptors (Lipinski definition) is 4. The molecule has 2 rings (SSSR count). The van der Waals surface area contributed by atoms with Crippen LogP contribution in [0.5, 0.6) is 5.88 Å². The average Bonchev–Trinajstić information content (AvgIpc) is 2.51. The predicted octanol–water partition coefficient (Wildman–Crippen LogP) is 3.53. The molecule has 0 aliphatic carbocycles. The highest BCUT2D eigenvalue weighted by atomic mass is 16.5. The number of ether oxygens (including phenoxy) is 1. The number of nitrogens with one attached hydrogen (secondary N) is 1. The molecule has 1 aromatic heterocycles. The first-order chi connectivity index (χ1) is 9.83. The molecule has 104 valence electrons. The normalized spacial score (nSPS) is 10.1. The molecule has 0 amide bonds. The van der Waals surface area contributed by atoms with Gasteiger partial charge < -0.3 is 10.1 Å². The van der Waals surface area contributed by atoms with E-state index in [1.807, 2.05) is 36.4 Å². The lowest BCUT2D eigenvalue weighted by Gasteiger charge is -2.09. The van der Waals surface area contributed by atoms with Gasteiger partial charge in [0.2, 0.25) is 5.88 Å². The Labute approximate surface area is 119 Å². The van der Waals surface area contributed by atoms with E-state index in [4.69, 9.17) is 4.74 Å². The molecule has 20 heavy (non-hydrogen) atoms. The van der Waals surface area contributed by atoms with Crippen LogP contribution in [0.2, 0.25) is 0 Å². The molecule has 2 aromatic rings. The van der Waals surface area contributed by atoms with E-state index >= 15 is 0 Å². The van der Waals surface area contributed by atoms with Crippen LogP contribution >= 0.6 is 0 Å². The van der Waals surface area contributed by atoms with Crippen molar-refractivity contribution in [1.29, 1.82) is 0 Å². The molecule has 0 spiro atoms. The first kappa shape index (κ1) is 14.1. The second-order valence-corrected chi connectivity index (χ2v) is 4.31. The molecule has 0 aliphatic heterocycles. The Morgan fingerprint density at radius 2 is 2.05 bits per heavy atom. The monoisotopic (exact) mass is 269 g/mol. The summed E-state index contributed by atoms with van der Waals surface area (Å²) in [7, 11) is 0. The van der Waals surface area contributed by atoms with Crippen molar-refractivity contribution < 1.29 is 4.74 Å². The van der Waals surface area contributed by atoms with Crippen LogP contribution < -0.4 is 10.1 Å². The molecular formula is C16H19N3O. The smallest absolute Gasteiger partial charge is 0.219 e. The molecule has 1 aromatic carbocycles. The second-order valence-electron chi connectivity index (χ2n) is 4.31. The number of hydrogen-bond donors (Lipinski definition) is 1. The summed E-state index contributed by atoms with van der Waals surface area (Å²) in [5.41, 5.74) is 0.969. The van der Waals surface area contributed by atoms with Crippen LogP contribution in [0.4, 0.5) is 5.82 Å². The third-order valence-electron chi connectivity index (χ3n) is 2.64. The highest BCUT2D eigenvalue weighted by Crippen LogP contribution is 2.21. The Balaban J connectivity index is 2.31. The van der Waals surface area contributed by atoms with Gasteiger partial charge >= 0.3 is 0 Å². The van der Waals surface area contributed by atoms with E-state index in [1.165, 1.54) is 0 Å². The van der Waals surface area contributed by atoms with E-state index in [-0.39, 0.29) is 0 Å². The lowest BCUT2D eigenvalue weighted by Crippen LogP contribution is -2.05. The standard InChI is InChI=1S/C16H19N3O/c1-3-10-17-14-12-15(20-11-4-2)19-16(18-14)13-8-6-5-7-9-13/h4-9,12H,2-3,10-11H2,1H3,(H,17,18,19). The maximum absolute atomic E-state index is 5.53. The van der Waals surface area contributed by atoms with Crippen molar-refractivity contribution in [1.82, 2.24) is 9.97 Å². The zero-order valence-corrected chi connectivity index (χ0v) is 11.7. The molecule has 0 aliphatic rings. The summed E-state index contributed by atoms with van der Waals surface area (Å²) < 4.78 is 5.53. The summed E-state index contributed by atoms with van der Waals surface area (Å²) in [5.74, 6) is 1.99. The van der Waals surface area contributed by atoms with Crippen molar-refractivity contribution in [3.63, 3.8) is 0 Å². The zero-order chi connectivity index (χ0) is 14.2. The summed E-state index contributed by atoms with van der Waals surface area (Å²) in [6.45, 7) is 7.05. The van der Waals surface area contributed by atoms with Gasteiger partial charge in [0.25, 0.3) is 0 Å². The van der Waals surface area contributed by atoms with Crippen molar-refractivity contribution in [2.75, 3.05) is 18.5 Å². The Hall–Kier alpha value is -2.36. The van der Waals surface area contributed by atoms with E-state index in [0.717, 1.165) is 24.3 Å². The molecular weight excluding hydrogens is 250 g/mol.